The molecule has 154 valence electrons. The molecule has 0 bridgehead atoms. The molecule has 0 radical (unpaired) electrons. The zero-order valence-corrected chi connectivity index (χ0v) is 17.4. The molecule has 2 saturated heterocycles. The summed E-state index contributed by atoms with van der Waals surface area (Å²) >= 11 is 0. The van der Waals surface area contributed by atoms with Crippen LogP contribution in [0.4, 0.5) is 0 Å². The maximum atomic E-state index is 13.4. The summed E-state index contributed by atoms with van der Waals surface area (Å²) in [4.78, 5) is 17.7. The van der Waals surface area contributed by atoms with E-state index in [0.29, 0.717) is 19.0 Å². The Balaban J connectivity index is 1.44. The van der Waals surface area contributed by atoms with Crippen LogP contribution in [0.25, 0.3) is 0 Å². The van der Waals surface area contributed by atoms with E-state index in [1.165, 1.54) is 5.56 Å². The Hall–Kier alpha value is -1.40. The summed E-state index contributed by atoms with van der Waals surface area (Å²) in [5, 5.41) is 0. The van der Waals surface area contributed by atoms with Crippen LogP contribution in [0.1, 0.15) is 50.5 Å². The third-order valence-electron chi connectivity index (χ3n) is 6.76. The molecule has 2 atom stereocenters. The molecular weight excluding hydrogens is 372 g/mol. The SMILES string of the molecule is O=C(CN1CCC[C@@H]1Cc1ccccc1)N(C1CCCC1)[C@@H]1CCS(=O)(=O)C1. The number of carbonyl (C=O) groups is 1. The largest absolute Gasteiger partial charge is 0.335 e. The minimum Gasteiger partial charge on any atom is -0.335 e. The van der Waals surface area contributed by atoms with Gasteiger partial charge in [0.1, 0.15) is 0 Å². The summed E-state index contributed by atoms with van der Waals surface area (Å²) in [6.07, 6.45) is 8.19. The number of rotatable bonds is 6. The normalized spacial score (nSPS) is 28.0. The summed E-state index contributed by atoms with van der Waals surface area (Å²) in [6.45, 7) is 1.40. The van der Waals surface area contributed by atoms with Gasteiger partial charge in [-0.15, -0.1) is 0 Å². The van der Waals surface area contributed by atoms with Crippen molar-refractivity contribution in [3.8, 4) is 0 Å². The molecule has 1 amide bonds. The van der Waals surface area contributed by atoms with Crippen LogP contribution in [0.5, 0.6) is 0 Å². The van der Waals surface area contributed by atoms with Crippen LogP contribution < -0.4 is 0 Å². The maximum absolute atomic E-state index is 13.4. The number of carbonyl (C=O) groups excluding carboxylic acids is 1. The van der Waals surface area contributed by atoms with Gasteiger partial charge >= 0.3 is 0 Å². The van der Waals surface area contributed by atoms with Gasteiger partial charge in [-0.25, -0.2) is 8.42 Å². The molecule has 0 spiro atoms. The van der Waals surface area contributed by atoms with Crippen molar-refractivity contribution in [2.45, 2.75) is 69.5 Å². The molecule has 3 aliphatic rings. The number of likely N-dealkylation sites (tertiary alicyclic amines) is 1. The van der Waals surface area contributed by atoms with E-state index >= 15 is 0 Å². The van der Waals surface area contributed by atoms with Gasteiger partial charge in [0.05, 0.1) is 18.1 Å². The Bertz CT molecular complexity index is 774. The average Bonchev–Trinajstić information content (AvgIpc) is 3.40. The van der Waals surface area contributed by atoms with Crippen molar-refractivity contribution in [3.05, 3.63) is 35.9 Å². The Morgan fingerprint density at radius 3 is 2.43 bits per heavy atom. The Labute approximate surface area is 169 Å². The molecule has 28 heavy (non-hydrogen) atoms. The van der Waals surface area contributed by atoms with Crippen LogP contribution in [-0.4, -0.2) is 66.8 Å². The Morgan fingerprint density at radius 2 is 1.75 bits per heavy atom. The fraction of sp³-hybridized carbons (Fsp3) is 0.682. The molecule has 1 aromatic carbocycles. The minimum atomic E-state index is -2.99. The minimum absolute atomic E-state index is 0.115. The standard InChI is InChI=1S/C22H32N2O3S/c25-22(16-23-13-6-11-20(23)15-18-7-2-1-3-8-18)24(19-9-4-5-10-19)21-12-14-28(26,27)17-21/h1-3,7-8,19-21H,4-6,9-17H2/t20-,21-/m1/s1. The lowest BCUT2D eigenvalue weighted by molar-refractivity contribution is -0.137. The van der Waals surface area contributed by atoms with Crippen LogP contribution in [-0.2, 0) is 21.1 Å². The smallest absolute Gasteiger partial charge is 0.237 e. The molecule has 1 aliphatic carbocycles. The molecule has 0 N–H and O–H groups in total. The fourth-order valence-electron chi connectivity index (χ4n) is 5.36. The molecule has 0 unspecified atom stereocenters. The average molecular weight is 405 g/mol. The number of benzene rings is 1. The summed E-state index contributed by atoms with van der Waals surface area (Å²) < 4.78 is 24.1. The molecule has 6 heteroatoms. The molecule has 1 aromatic rings. The van der Waals surface area contributed by atoms with Crippen molar-refractivity contribution in [2.24, 2.45) is 0 Å². The van der Waals surface area contributed by atoms with Crippen molar-refractivity contribution in [1.82, 2.24) is 9.80 Å². The molecule has 1 saturated carbocycles. The lowest BCUT2D eigenvalue weighted by atomic mass is 10.0. The predicted molar refractivity (Wildman–Crippen MR) is 111 cm³/mol. The summed E-state index contributed by atoms with van der Waals surface area (Å²) in [6, 6.07) is 11.0. The number of hydrogen-bond acceptors (Lipinski definition) is 4. The second-order valence-electron chi connectivity index (χ2n) is 8.75. The van der Waals surface area contributed by atoms with Gasteiger partial charge in [0.2, 0.25) is 5.91 Å². The van der Waals surface area contributed by atoms with Crippen molar-refractivity contribution in [1.29, 1.82) is 0 Å². The predicted octanol–water partition coefficient (Wildman–Crippen LogP) is 2.65. The van der Waals surface area contributed by atoms with Gasteiger partial charge < -0.3 is 4.90 Å². The van der Waals surface area contributed by atoms with Crippen LogP contribution >= 0.6 is 0 Å². The van der Waals surface area contributed by atoms with Gasteiger partial charge in [-0.3, -0.25) is 9.69 Å². The van der Waals surface area contributed by atoms with Crippen LogP contribution in [0.15, 0.2) is 30.3 Å². The third-order valence-corrected chi connectivity index (χ3v) is 8.51. The first-order valence-electron chi connectivity index (χ1n) is 10.8. The van der Waals surface area contributed by atoms with Crippen molar-refractivity contribution >= 4 is 15.7 Å². The van der Waals surface area contributed by atoms with E-state index in [9.17, 15) is 13.2 Å². The highest BCUT2D eigenvalue weighted by Gasteiger charge is 2.40. The van der Waals surface area contributed by atoms with Gasteiger partial charge in [-0.2, -0.15) is 0 Å². The quantitative estimate of drug-likeness (QED) is 0.731. The van der Waals surface area contributed by atoms with E-state index in [-0.39, 0.29) is 29.5 Å². The van der Waals surface area contributed by atoms with Crippen LogP contribution in [0.2, 0.25) is 0 Å². The molecule has 5 nitrogen and oxygen atoms in total. The summed E-state index contributed by atoms with van der Waals surface area (Å²) in [5.74, 6) is 0.533. The summed E-state index contributed by atoms with van der Waals surface area (Å²) in [7, 11) is -2.99. The lowest BCUT2D eigenvalue weighted by Crippen LogP contribution is -2.51. The van der Waals surface area contributed by atoms with Crippen LogP contribution in [0, 0.1) is 0 Å². The fourth-order valence-corrected chi connectivity index (χ4v) is 7.07. The van der Waals surface area contributed by atoms with E-state index in [1.807, 2.05) is 11.0 Å². The highest BCUT2D eigenvalue weighted by Crippen LogP contribution is 2.30. The number of sulfone groups is 1. The highest BCUT2D eigenvalue weighted by molar-refractivity contribution is 7.91. The summed E-state index contributed by atoms with van der Waals surface area (Å²) in [5.41, 5.74) is 1.32. The first-order chi connectivity index (χ1) is 13.5. The zero-order chi connectivity index (χ0) is 19.6. The topological polar surface area (TPSA) is 57.7 Å². The van der Waals surface area contributed by atoms with Crippen LogP contribution in [0.3, 0.4) is 0 Å². The Morgan fingerprint density at radius 1 is 1.00 bits per heavy atom. The lowest BCUT2D eigenvalue weighted by Gasteiger charge is -2.36. The molecule has 2 aliphatic heterocycles. The van der Waals surface area contributed by atoms with Crippen molar-refractivity contribution < 1.29 is 13.2 Å². The van der Waals surface area contributed by atoms with E-state index in [1.54, 1.807) is 0 Å². The second-order valence-corrected chi connectivity index (χ2v) is 11.0. The first-order valence-corrected chi connectivity index (χ1v) is 12.6. The number of amides is 1. The third kappa shape index (κ3) is 4.60. The molecule has 4 rings (SSSR count). The van der Waals surface area contributed by atoms with Crippen molar-refractivity contribution in [2.75, 3.05) is 24.6 Å². The Kier molecular flexibility index (Phi) is 6.07. The molecule has 2 heterocycles. The molecular formula is C22H32N2O3S. The first kappa shape index (κ1) is 19.9. The van der Waals surface area contributed by atoms with E-state index in [0.717, 1.165) is 51.5 Å². The van der Waals surface area contributed by atoms with E-state index in [4.69, 9.17) is 0 Å². The number of nitrogens with zero attached hydrogens (tertiary/aromatic N) is 2. The molecule has 0 aromatic heterocycles. The van der Waals surface area contributed by atoms with Gasteiger partial charge in [-0.1, -0.05) is 43.2 Å². The molecule has 3 fully saturated rings. The second kappa shape index (κ2) is 8.54. The van der Waals surface area contributed by atoms with Gasteiger partial charge in [0.25, 0.3) is 0 Å². The van der Waals surface area contributed by atoms with Crippen molar-refractivity contribution in [3.63, 3.8) is 0 Å². The number of hydrogen-bond donors (Lipinski definition) is 0. The highest BCUT2D eigenvalue weighted by atomic mass is 32.2. The maximum Gasteiger partial charge on any atom is 0.237 e. The van der Waals surface area contributed by atoms with E-state index in [2.05, 4.69) is 29.2 Å². The zero-order valence-electron chi connectivity index (χ0n) is 16.6. The van der Waals surface area contributed by atoms with Gasteiger partial charge in [-0.05, 0) is 50.6 Å². The van der Waals surface area contributed by atoms with Gasteiger partial charge in [0.15, 0.2) is 9.84 Å². The van der Waals surface area contributed by atoms with E-state index < -0.39 is 9.84 Å². The van der Waals surface area contributed by atoms with Gasteiger partial charge in [0, 0.05) is 18.1 Å². The monoisotopic (exact) mass is 404 g/mol.